The summed E-state index contributed by atoms with van der Waals surface area (Å²) in [5, 5.41) is 3.08. The van der Waals surface area contributed by atoms with Gasteiger partial charge >= 0.3 is 0 Å². The lowest BCUT2D eigenvalue weighted by Crippen LogP contribution is -2.18. The summed E-state index contributed by atoms with van der Waals surface area (Å²) < 4.78 is 26.5. The van der Waals surface area contributed by atoms with Crippen molar-refractivity contribution < 1.29 is 8.78 Å². The molecule has 3 heteroatoms. The molecule has 0 radical (unpaired) electrons. The molecule has 0 fully saturated rings. The highest BCUT2D eigenvalue weighted by Crippen LogP contribution is 2.15. The van der Waals surface area contributed by atoms with Crippen molar-refractivity contribution in [2.24, 2.45) is 0 Å². The third-order valence-electron chi connectivity index (χ3n) is 2.71. The molecule has 0 spiro atoms. The Balaban J connectivity index is 2.01. The molecule has 2 rings (SSSR count). The van der Waals surface area contributed by atoms with Gasteiger partial charge in [-0.1, -0.05) is 24.3 Å². The summed E-state index contributed by atoms with van der Waals surface area (Å²) >= 11 is 0. The highest BCUT2D eigenvalue weighted by atomic mass is 19.1. The zero-order valence-electron chi connectivity index (χ0n) is 10.2. The summed E-state index contributed by atoms with van der Waals surface area (Å²) in [4.78, 5) is 0. The molecule has 2 aromatic carbocycles. The van der Waals surface area contributed by atoms with E-state index in [0.717, 1.165) is 5.56 Å². The Morgan fingerprint density at radius 3 is 2.56 bits per heavy atom. The summed E-state index contributed by atoms with van der Waals surface area (Å²) in [6.45, 7) is 1.94. The maximum absolute atomic E-state index is 13.4. The van der Waals surface area contributed by atoms with Crippen LogP contribution in [0.5, 0.6) is 0 Å². The van der Waals surface area contributed by atoms with Gasteiger partial charge in [0.1, 0.15) is 11.6 Å². The van der Waals surface area contributed by atoms with Crippen LogP contribution in [0.2, 0.25) is 0 Å². The van der Waals surface area contributed by atoms with E-state index < -0.39 is 0 Å². The van der Waals surface area contributed by atoms with E-state index in [2.05, 4.69) is 5.32 Å². The van der Waals surface area contributed by atoms with Gasteiger partial charge in [-0.25, -0.2) is 8.78 Å². The second-order valence-corrected chi connectivity index (χ2v) is 4.36. The van der Waals surface area contributed by atoms with Crippen molar-refractivity contribution in [1.82, 2.24) is 0 Å². The average Bonchev–Trinajstić information content (AvgIpc) is 2.32. The van der Waals surface area contributed by atoms with Gasteiger partial charge in [0.15, 0.2) is 0 Å². The van der Waals surface area contributed by atoms with Crippen molar-refractivity contribution in [3.05, 3.63) is 65.7 Å². The number of hydrogen-bond acceptors (Lipinski definition) is 1. The first kappa shape index (κ1) is 12.6. The van der Waals surface area contributed by atoms with Gasteiger partial charge in [-0.15, -0.1) is 0 Å². The van der Waals surface area contributed by atoms with Crippen LogP contribution in [0, 0.1) is 11.6 Å². The van der Waals surface area contributed by atoms with Crippen LogP contribution in [0.15, 0.2) is 48.5 Å². The lowest BCUT2D eigenvalue weighted by atomic mass is 10.1. The Labute approximate surface area is 105 Å². The molecule has 0 aliphatic heterocycles. The van der Waals surface area contributed by atoms with E-state index in [1.807, 2.05) is 13.0 Å². The van der Waals surface area contributed by atoms with Crippen molar-refractivity contribution in [1.29, 1.82) is 0 Å². The summed E-state index contributed by atoms with van der Waals surface area (Å²) in [5.74, 6) is -0.519. The highest BCUT2D eigenvalue weighted by molar-refractivity contribution is 5.45. The van der Waals surface area contributed by atoms with Gasteiger partial charge in [0.25, 0.3) is 0 Å². The predicted molar refractivity (Wildman–Crippen MR) is 69.6 cm³/mol. The zero-order valence-corrected chi connectivity index (χ0v) is 10.2. The maximum atomic E-state index is 13.4. The Kier molecular flexibility index (Phi) is 3.92. The van der Waals surface area contributed by atoms with Crippen LogP contribution in [0.1, 0.15) is 12.5 Å². The molecule has 1 nitrogen and oxygen atoms in total. The minimum Gasteiger partial charge on any atom is -0.380 e. The van der Waals surface area contributed by atoms with Crippen LogP contribution in [-0.2, 0) is 6.42 Å². The first-order valence-corrected chi connectivity index (χ1v) is 5.90. The van der Waals surface area contributed by atoms with Gasteiger partial charge in [0.05, 0.1) is 5.69 Å². The first-order valence-electron chi connectivity index (χ1n) is 5.90. The molecule has 2 aromatic rings. The Morgan fingerprint density at radius 1 is 1.06 bits per heavy atom. The number of para-hydroxylation sites is 1. The van der Waals surface area contributed by atoms with Crippen LogP contribution in [0.3, 0.4) is 0 Å². The fourth-order valence-electron chi connectivity index (χ4n) is 1.91. The predicted octanol–water partition coefficient (Wildman–Crippen LogP) is 4.01. The fraction of sp³-hybridized carbons (Fsp3) is 0.200. The quantitative estimate of drug-likeness (QED) is 0.860. The van der Waals surface area contributed by atoms with Crippen LogP contribution in [0.4, 0.5) is 14.5 Å². The normalized spacial score (nSPS) is 12.2. The zero-order chi connectivity index (χ0) is 13.0. The number of rotatable bonds is 4. The van der Waals surface area contributed by atoms with Crippen molar-refractivity contribution in [2.75, 3.05) is 5.32 Å². The van der Waals surface area contributed by atoms with Crippen molar-refractivity contribution >= 4 is 5.69 Å². The van der Waals surface area contributed by atoms with Crippen molar-refractivity contribution in [3.63, 3.8) is 0 Å². The number of benzene rings is 2. The summed E-state index contributed by atoms with van der Waals surface area (Å²) in [5.41, 5.74) is 1.37. The van der Waals surface area contributed by atoms with Crippen LogP contribution in [0.25, 0.3) is 0 Å². The van der Waals surface area contributed by atoms with Crippen LogP contribution in [-0.4, -0.2) is 6.04 Å². The molecule has 0 amide bonds. The lowest BCUT2D eigenvalue weighted by Gasteiger charge is -2.15. The third-order valence-corrected chi connectivity index (χ3v) is 2.71. The van der Waals surface area contributed by atoms with Gasteiger partial charge in [-0.2, -0.15) is 0 Å². The van der Waals surface area contributed by atoms with E-state index in [1.54, 1.807) is 24.3 Å². The molecule has 0 heterocycles. The molecule has 1 unspecified atom stereocenters. The van der Waals surface area contributed by atoms with E-state index in [1.165, 1.54) is 18.2 Å². The van der Waals surface area contributed by atoms with Crippen LogP contribution < -0.4 is 5.32 Å². The van der Waals surface area contributed by atoms with Gasteiger partial charge in [0, 0.05) is 6.04 Å². The molecule has 0 aliphatic carbocycles. The summed E-state index contributed by atoms with van der Waals surface area (Å²) in [6, 6.07) is 13.0. The smallest absolute Gasteiger partial charge is 0.146 e. The summed E-state index contributed by atoms with van der Waals surface area (Å²) in [6.07, 6.45) is 0.645. The van der Waals surface area contributed by atoms with Crippen molar-refractivity contribution in [2.45, 2.75) is 19.4 Å². The summed E-state index contributed by atoms with van der Waals surface area (Å²) in [7, 11) is 0. The van der Waals surface area contributed by atoms with Gasteiger partial charge < -0.3 is 5.32 Å². The van der Waals surface area contributed by atoms with Crippen molar-refractivity contribution in [3.8, 4) is 0 Å². The van der Waals surface area contributed by atoms with E-state index in [9.17, 15) is 8.78 Å². The number of hydrogen-bond donors (Lipinski definition) is 1. The topological polar surface area (TPSA) is 12.0 Å². The molecule has 0 saturated carbocycles. The Hall–Kier alpha value is -1.90. The molecule has 0 saturated heterocycles. The maximum Gasteiger partial charge on any atom is 0.146 e. The number of halogens is 2. The first-order chi connectivity index (χ1) is 8.65. The fourth-order valence-corrected chi connectivity index (χ4v) is 1.91. The number of nitrogens with one attached hydrogen (secondary N) is 1. The Morgan fingerprint density at radius 2 is 1.83 bits per heavy atom. The molecule has 1 atom stereocenters. The molecule has 0 aliphatic rings. The minimum atomic E-state index is -0.274. The standard InChI is InChI=1S/C15H15F2N/c1-11(9-12-5-4-6-13(16)10-12)18-15-8-3-2-7-14(15)17/h2-8,10-11,18H,9H2,1H3. The van der Waals surface area contributed by atoms with E-state index in [4.69, 9.17) is 0 Å². The molecule has 1 N–H and O–H groups in total. The molecular formula is C15H15F2N. The third kappa shape index (κ3) is 3.29. The second-order valence-electron chi connectivity index (χ2n) is 4.36. The van der Waals surface area contributed by atoms with E-state index in [0.29, 0.717) is 12.1 Å². The lowest BCUT2D eigenvalue weighted by molar-refractivity contribution is 0.620. The van der Waals surface area contributed by atoms with E-state index >= 15 is 0 Å². The molecule has 0 bridgehead atoms. The molecule has 18 heavy (non-hydrogen) atoms. The Bertz CT molecular complexity index is 525. The largest absolute Gasteiger partial charge is 0.380 e. The second kappa shape index (κ2) is 5.63. The SMILES string of the molecule is CC(Cc1cccc(F)c1)Nc1ccccc1F. The molecular weight excluding hydrogens is 232 g/mol. The highest BCUT2D eigenvalue weighted by Gasteiger charge is 2.07. The van der Waals surface area contributed by atoms with Gasteiger partial charge in [-0.05, 0) is 43.2 Å². The average molecular weight is 247 g/mol. The van der Waals surface area contributed by atoms with Crippen LogP contribution >= 0.6 is 0 Å². The van der Waals surface area contributed by atoms with Gasteiger partial charge in [0.2, 0.25) is 0 Å². The van der Waals surface area contributed by atoms with E-state index in [-0.39, 0.29) is 17.7 Å². The molecule has 94 valence electrons. The van der Waals surface area contributed by atoms with Gasteiger partial charge in [-0.3, -0.25) is 0 Å². The minimum absolute atomic E-state index is 0.0312. The monoisotopic (exact) mass is 247 g/mol. The molecule has 0 aromatic heterocycles. The number of anilines is 1.